The zero-order valence-corrected chi connectivity index (χ0v) is 17.3. The number of nitrogens with one attached hydrogen (secondary N) is 1. The van der Waals surface area contributed by atoms with Gasteiger partial charge in [-0.25, -0.2) is 4.39 Å². The van der Waals surface area contributed by atoms with Crippen molar-refractivity contribution in [1.82, 2.24) is 10.2 Å². The van der Waals surface area contributed by atoms with Gasteiger partial charge in [-0.05, 0) is 29.2 Å². The van der Waals surface area contributed by atoms with E-state index in [1.54, 1.807) is 18.2 Å². The third-order valence-electron chi connectivity index (χ3n) is 5.72. The molecule has 1 aliphatic heterocycles. The molecule has 4 nitrogen and oxygen atoms in total. The summed E-state index contributed by atoms with van der Waals surface area (Å²) in [5.41, 5.74) is 3.88. The second-order valence-electron chi connectivity index (χ2n) is 7.72. The van der Waals surface area contributed by atoms with Crippen LogP contribution in [0.5, 0.6) is 0 Å². The highest BCUT2D eigenvalue weighted by Crippen LogP contribution is 2.35. The first-order valence-corrected chi connectivity index (χ1v) is 10.6. The average molecular weight is 416 g/mol. The molecule has 3 aromatic rings. The van der Waals surface area contributed by atoms with E-state index >= 15 is 0 Å². The number of carbonyl (C=O) groups excluding carboxylic acids is 2. The molecule has 0 radical (unpaired) electrons. The van der Waals surface area contributed by atoms with Crippen molar-refractivity contribution in [2.75, 3.05) is 6.54 Å². The van der Waals surface area contributed by atoms with Crippen LogP contribution in [0.25, 0.3) is 0 Å². The van der Waals surface area contributed by atoms with Crippen LogP contribution in [-0.2, 0) is 22.6 Å². The fourth-order valence-corrected chi connectivity index (χ4v) is 4.12. The Kier molecular flexibility index (Phi) is 6.41. The molecule has 5 heteroatoms. The SMILES string of the molecule is O=C(CCC(=O)N1CCc2ccccc2[C@@H]1c1ccccc1)NCc1ccccc1F. The summed E-state index contributed by atoms with van der Waals surface area (Å²) in [5, 5.41) is 2.71. The lowest BCUT2D eigenvalue weighted by atomic mass is 9.88. The predicted molar refractivity (Wildman–Crippen MR) is 118 cm³/mol. The van der Waals surface area contributed by atoms with Crippen LogP contribution in [0.2, 0.25) is 0 Å². The molecule has 0 bridgehead atoms. The van der Waals surface area contributed by atoms with Gasteiger partial charge in [0, 0.05) is 31.5 Å². The lowest BCUT2D eigenvalue weighted by Crippen LogP contribution is -2.41. The highest BCUT2D eigenvalue weighted by atomic mass is 19.1. The van der Waals surface area contributed by atoms with E-state index in [1.807, 2.05) is 47.4 Å². The monoisotopic (exact) mass is 416 g/mol. The molecule has 158 valence electrons. The highest BCUT2D eigenvalue weighted by Gasteiger charge is 2.31. The fourth-order valence-electron chi connectivity index (χ4n) is 4.12. The number of rotatable bonds is 6. The van der Waals surface area contributed by atoms with Crippen molar-refractivity contribution in [1.29, 1.82) is 0 Å². The van der Waals surface area contributed by atoms with Gasteiger partial charge in [0.15, 0.2) is 0 Å². The van der Waals surface area contributed by atoms with Gasteiger partial charge in [0.05, 0.1) is 6.04 Å². The summed E-state index contributed by atoms with van der Waals surface area (Å²) < 4.78 is 13.7. The van der Waals surface area contributed by atoms with E-state index in [9.17, 15) is 14.0 Å². The number of amides is 2. The molecule has 1 atom stereocenters. The lowest BCUT2D eigenvalue weighted by molar-refractivity contribution is -0.135. The first kappa shape index (κ1) is 20.8. The molecule has 4 rings (SSSR count). The van der Waals surface area contributed by atoms with Crippen LogP contribution in [0.3, 0.4) is 0 Å². The van der Waals surface area contributed by atoms with Gasteiger partial charge in [-0.3, -0.25) is 9.59 Å². The van der Waals surface area contributed by atoms with Crippen molar-refractivity contribution in [2.45, 2.75) is 31.8 Å². The summed E-state index contributed by atoms with van der Waals surface area (Å²) in [6.07, 6.45) is 0.992. The zero-order chi connectivity index (χ0) is 21.6. The molecule has 1 aliphatic rings. The normalized spacial score (nSPS) is 15.3. The summed E-state index contributed by atoms with van der Waals surface area (Å²) in [5.74, 6) is -0.661. The first-order chi connectivity index (χ1) is 15.1. The van der Waals surface area contributed by atoms with Crippen LogP contribution in [0.1, 0.15) is 41.1 Å². The Balaban J connectivity index is 1.42. The standard InChI is InChI=1S/C26H25FN2O2/c27-23-13-7-5-11-21(23)18-28-24(30)14-15-25(31)29-17-16-19-8-4-6-12-22(19)26(29)20-9-2-1-3-10-20/h1-13,26H,14-18H2,(H,28,30)/t26-/m0/s1. The van der Waals surface area contributed by atoms with Crippen molar-refractivity contribution in [2.24, 2.45) is 0 Å². The maximum Gasteiger partial charge on any atom is 0.223 e. The summed E-state index contributed by atoms with van der Waals surface area (Å²) in [7, 11) is 0. The van der Waals surface area contributed by atoms with Crippen LogP contribution in [0, 0.1) is 5.82 Å². The van der Waals surface area contributed by atoms with E-state index in [4.69, 9.17) is 0 Å². The van der Waals surface area contributed by atoms with Gasteiger partial charge in [-0.1, -0.05) is 72.8 Å². The minimum absolute atomic E-state index is 0.0515. The van der Waals surface area contributed by atoms with Crippen molar-refractivity contribution >= 4 is 11.8 Å². The second kappa shape index (κ2) is 9.56. The third kappa shape index (κ3) is 4.82. The zero-order valence-electron chi connectivity index (χ0n) is 17.3. The van der Waals surface area contributed by atoms with Gasteiger partial charge in [0.1, 0.15) is 5.82 Å². The first-order valence-electron chi connectivity index (χ1n) is 10.6. The molecular formula is C26H25FN2O2. The molecule has 31 heavy (non-hydrogen) atoms. The minimum Gasteiger partial charge on any atom is -0.352 e. The van der Waals surface area contributed by atoms with E-state index in [0.29, 0.717) is 12.1 Å². The van der Waals surface area contributed by atoms with Crippen molar-refractivity contribution in [3.8, 4) is 0 Å². The number of benzene rings is 3. The topological polar surface area (TPSA) is 49.4 Å². The number of halogens is 1. The van der Waals surface area contributed by atoms with Crippen LogP contribution in [0.15, 0.2) is 78.9 Å². The van der Waals surface area contributed by atoms with Gasteiger partial charge < -0.3 is 10.2 Å². The molecule has 1 N–H and O–H groups in total. The van der Waals surface area contributed by atoms with Crippen LogP contribution in [-0.4, -0.2) is 23.3 Å². The number of hydrogen-bond acceptors (Lipinski definition) is 2. The maximum absolute atomic E-state index is 13.7. The van der Waals surface area contributed by atoms with Crippen LogP contribution < -0.4 is 5.32 Å². The number of nitrogens with zero attached hydrogens (tertiary/aromatic N) is 1. The Morgan fingerprint density at radius 3 is 2.42 bits per heavy atom. The van der Waals surface area contributed by atoms with Crippen LogP contribution in [0.4, 0.5) is 4.39 Å². The summed E-state index contributed by atoms with van der Waals surface area (Å²) in [6, 6.07) is 24.4. The van der Waals surface area contributed by atoms with E-state index < -0.39 is 0 Å². The average Bonchev–Trinajstić information content (AvgIpc) is 2.81. The Hall–Kier alpha value is -3.47. The van der Waals surface area contributed by atoms with E-state index in [-0.39, 0.29) is 43.1 Å². The quantitative estimate of drug-likeness (QED) is 0.648. The molecule has 2 amide bonds. The van der Waals surface area contributed by atoms with Crippen molar-refractivity contribution < 1.29 is 14.0 Å². The molecule has 3 aromatic carbocycles. The Morgan fingerprint density at radius 2 is 1.61 bits per heavy atom. The Labute approximate surface area is 181 Å². The van der Waals surface area contributed by atoms with Gasteiger partial charge in [-0.15, -0.1) is 0 Å². The Morgan fingerprint density at radius 1 is 0.903 bits per heavy atom. The van der Waals surface area contributed by atoms with Gasteiger partial charge in [0.25, 0.3) is 0 Å². The van der Waals surface area contributed by atoms with E-state index in [1.165, 1.54) is 11.6 Å². The largest absolute Gasteiger partial charge is 0.352 e. The van der Waals surface area contributed by atoms with Crippen molar-refractivity contribution in [3.05, 3.63) is 107 Å². The molecule has 0 saturated heterocycles. The molecule has 0 aliphatic carbocycles. The summed E-state index contributed by atoms with van der Waals surface area (Å²) in [6.45, 7) is 0.732. The van der Waals surface area contributed by atoms with Crippen LogP contribution >= 0.6 is 0 Å². The fraction of sp³-hybridized carbons (Fsp3) is 0.231. The number of carbonyl (C=O) groups is 2. The smallest absolute Gasteiger partial charge is 0.223 e. The van der Waals surface area contributed by atoms with E-state index in [0.717, 1.165) is 17.5 Å². The Bertz CT molecular complexity index is 1070. The predicted octanol–water partition coefficient (Wildman–Crippen LogP) is 4.40. The molecule has 0 aromatic heterocycles. The molecule has 0 fully saturated rings. The van der Waals surface area contributed by atoms with Crippen molar-refractivity contribution in [3.63, 3.8) is 0 Å². The molecule has 0 spiro atoms. The second-order valence-corrected chi connectivity index (χ2v) is 7.72. The van der Waals surface area contributed by atoms with Gasteiger partial charge >= 0.3 is 0 Å². The number of hydrogen-bond donors (Lipinski definition) is 1. The lowest BCUT2D eigenvalue weighted by Gasteiger charge is -2.38. The summed E-state index contributed by atoms with van der Waals surface area (Å²) >= 11 is 0. The molecule has 1 heterocycles. The van der Waals surface area contributed by atoms with Gasteiger partial charge in [0.2, 0.25) is 11.8 Å². The molecule has 0 saturated carbocycles. The molecular weight excluding hydrogens is 391 g/mol. The molecule has 0 unspecified atom stereocenters. The highest BCUT2D eigenvalue weighted by molar-refractivity contribution is 5.84. The van der Waals surface area contributed by atoms with E-state index in [2.05, 4.69) is 17.4 Å². The third-order valence-corrected chi connectivity index (χ3v) is 5.72. The maximum atomic E-state index is 13.7. The summed E-state index contributed by atoms with van der Waals surface area (Å²) in [4.78, 5) is 27.2. The number of fused-ring (bicyclic) bond motifs is 1. The van der Waals surface area contributed by atoms with Gasteiger partial charge in [-0.2, -0.15) is 0 Å². The minimum atomic E-state index is -0.350.